The lowest BCUT2D eigenvalue weighted by Crippen LogP contribution is -2.04. The maximum atomic E-state index is 4.36. The van der Waals surface area contributed by atoms with E-state index in [4.69, 9.17) is 0 Å². The SMILES string of the molecule is CC(C)CC(Br)CCc1ccn(C)n1. The normalized spacial score (nSPS) is 13.5. The molecule has 0 bridgehead atoms. The van der Waals surface area contributed by atoms with Gasteiger partial charge in [0.15, 0.2) is 0 Å². The van der Waals surface area contributed by atoms with Gasteiger partial charge in [-0.05, 0) is 31.2 Å². The van der Waals surface area contributed by atoms with Gasteiger partial charge in [0.05, 0.1) is 5.69 Å². The summed E-state index contributed by atoms with van der Waals surface area (Å²) < 4.78 is 1.86. The van der Waals surface area contributed by atoms with Gasteiger partial charge in [-0.1, -0.05) is 29.8 Å². The maximum Gasteiger partial charge on any atom is 0.0624 e. The second-order valence-electron chi connectivity index (χ2n) is 4.25. The fourth-order valence-corrected chi connectivity index (χ4v) is 2.51. The number of hydrogen-bond acceptors (Lipinski definition) is 1. The highest BCUT2D eigenvalue weighted by Gasteiger charge is 2.07. The number of rotatable bonds is 5. The van der Waals surface area contributed by atoms with Crippen molar-refractivity contribution in [2.45, 2.75) is 37.9 Å². The predicted octanol–water partition coefficient (Wildman–Crippen LogP) is 3.16. The van der Waals surface area contributed by atoms with E-state index in [-0.39, 0.29) is 0 Å². The quantitative estimate of drug-likeness (QED) is 0.743. The minimum atomic E-state index is 0.629. The molecule has 0 spiro atoms. The van der Waals surface area contributed by atoms with E-state index in [1.165, 1.54) is 18.5 Å². The molecule has 80 valence electrons. The van der Waals surface area contributed by atoms with Crippen LogP contribution in [0, 0.1) is 5.92 Å². The van der Waals surface area contributed by atoms with Gasteiger partial charge in [-0.15, -0.1) is 0 Å². The lowest BCUT2D eigenvalue weighted by Gasteiger charge is -2.10. The van der Waals surface area contributed by atoms with Gasteiger partial charge in [-0.2, -0.15) is 5.10 Å². The second-order valence-corrected chi connectivity index (χ2v) is 5.54. The molecule has 14 heavy (non-hydrogen) atoms. The van der Waals surface area contributed by atoms with Crippen molar-refractivity contribution in [3.63, 3.8) is 0 Å². The van der Waals surface area contributed by atoms with Gasteiger partial charge in [-0.3, -0.25) is 4.68 Å². The summed E-state index contributed by atoms with van der Waals surface area (Å²) in [6.45, 7) is 4.52. The van der Waals surface area contributed by atoms with Crippen LogP contribution < -0.4 is 0 Å². The molecule has 2 nitrogen and oxygen atoms in total. The Morgan fingerprint density at radius 3 is 2.71 bits per heavy atom. The zero-order chi connectivity index (χ0) is 10.6. The summed E-state index contributed by atoms with van der Waals surface area (Å²) in [6.07, 6.45) is 5.49. The van der Waals surface area contributed by atoms with E-state index in [9.17, 15) is 0 Å². The van der Waals surface area contributed by atoms with E-state index >= 15 is 0 Å². The van der Waals surface area contributed by atoms with Crippen molar-refractivity contribution in [3.05, 3.63) is 18.0 Å². The number of alkyl halides is 1. The van der Waals surface area contributed by atoms with Gasteiger partial charge in [-0.25, -0.2) is 0 Å². The Morgan fingerprint density at radius 1 is 1.50 bits per heavy atom. The highest BCUT2D eigenvalue weighted by molar-refractivity contribution is 9.09. The summed E-state index contributed by atoms with van der Waals surface area (Å²) in [5, 5.41) is 4.36. The van der Waals surface area contributed by atoms with Crippen molar-refractivity contribution in [3.8, 4) is 0 Å². The fourth-order valence-electron chi connectivity index (χ4n) is 1.53. The standard InChI is InChI=1S/C11H19BrN2/c1-9(2)8-10(12)4-5-11-6-7-14(3)13-11/h6-7,9-10H,4-5,8H2,1-3H3. The summed E-state index contributed by atoms with van der Waals surface area (Å²) in [5.74, 6) is 0.767. The highest BCUT2D eigenvalue weighted by Crippen LogP contribution is 2.17. The Balaban J connectivity index is 2.26. The Morgan fingerprint density at radius 2 is 2.21 bits per heavy atom. The number of aromatic nitrogens is 2. The van der Waals surface area contributed by atoms with Gasteiger partial charge in [0.2, 0.25) is 0 Å². The first-order valence-electron chi connectivity index (χ1n) is 5.20. The van der Waals surface area contributed by atoms with Gasteiger partial charge < -0.3 is 0 Å². The maximum absolute atomic E-state index is 4.36. The second kappa shape index (κ2) is 5.54. The number of hydrogen-bond donors (Lipinski definition) is 0. The van der Waals surface area contributed by atoms with Crippen molar-refractivity contribution in [2.24, 2.45) is 13.0 Å². The molecule has 0 aromatic carbocycles. The molecule has 0 N–H and O–H groups in total. The monoisotopic (exact) mass is 258 g/mol. The van der Waals surface area contributed by atoms with Crippen LogP contribution in [0.3, 0.4) is 0 Å². The average Bonchev–Trinajstić information content (AvgIpc) is 2.47. The van der Waals surface area contributed by atoms with Crippen molar-refractivity contribution >= 4 is 15.9 Å². The van der Waals surface area contributed by atoms with Crippen LogP contribution in [-0.2, 0) is 13.5 Å². The van der Waals surface area contributed by atoms with Gasteiger partial charge in [0.25, 0.3) is 0 Å². The van der Waals surface area contributed by atoms with Crippen LogP contribution in [0.1, 0.15) is 32.4 Å². The minimum absolute atomic E-state index is 0.629. The lowest BCUT2D eigenvalue weighted by molar-refractivity contribution is 0.551. The van der Waals surface area contributed by atoms with Crippen LogP contribution >= 0.6 is 15.9 Å². The summed E-state index contributed by atoms with van der Waals surface area (Å²) in [4.78, 5) is 0.629. The largest absolute Gasteiger partial charge is 0.276 e. The molecule has 1 aromatic heterocycles. The lowest BCUT2D eigenvalue weighted by atomic mass is 10.0. The van der Waals surface area contributed by atoms with E-state index in [1.54, 1.807) is 0 Å². The molecule has 0 aliphatic heterocycles. The van der Waals surface area contributed by atoms with Gasteiger partial charge in [0, 0.05) is 18.1 Å². The molecule has 0 saturated heterocycles. The van der Waals surface area contributed by atoms with Crippen molar-refractivity contribution in [1.82, 2.24) is 9.78 Å². The molecule has 0 aliphatic carbocycles. The number of aryl methyl sites for hydroxylation is 2. The predicted molar refractivity (Wildman–Crippen MR) is 63.7 cm³/mol. The smallest absolute Gasteiger partial charge is 0.0624 e. The topological polar surface area (TPSA) is 17.8 Å². The summed E-state index contributed by atoms with van der Waals surface area (Å²) >= 11 is 3.71. The molecule has 1 unspecified atom stereocenters. The minimum Gasteiger partial charge on any atom is -0.276 e. The molecule has 0 aliphatic rings. The Bertz CT molecular complexity index is 268. The Hall–Kier alpha value is -0.310. The molecular formula is C11H19BrN2. The molecule has 0 amide bonds. The van der Waals surface area contributed by atoms with E-state index in [0.29, 0.717) is 4.83 Å². The van der Waals surface area contributed by atoms with E-state index < -0.39 is 0 Å². The zero-order valence-corrected chi connectivity index (χ0v) is 10.8. The third-order valence-electron chi connectivity index (χ3n) is 2.21. The molecular weight excluding hydrogens is 240 g/mol. The zero-order valence-electron chi connectivity index (χ0n) is 9.20. The average molecular weight is 259 g/mol. The molecule has 1 atom stereocenters. The van der Waals surface area contributed by atoms with Crippen LogP contribution in [0.15, 0.2) is 12.3 Å². The Kier molecular flexibility index (Phi) is 4.66. The molecule has 3 heteroatoms. The van der Waals surface area contributed by atoms with Gasteiger partial charge >= 0.3 is 0 Å². The number of nitrogens with zero attached hydrogens (tertiary/aromatic N) is 2. The van der Waals surface area contributed by atoms with E-state index in [2.05, 4.69) is 40.9 Å². The molecule has 1 aromatic rings. The van der Waals surface area contributed by atoms with Crippen LogP contribution in [-0.4, -0.2) is 14.6 Å². The van der Waals surface area contributed by atoms with Crippen molar-refractivity contribution in [2.75, 3.05) is 0 Å². The molecule has 1 rings (SSSR count). The summed E-state index contributed by atoms with van der Waals surface area (Å²) in [6, 6.07) is 2.09. The van der Waals surface area contributed by atoms with Crippen LogP contribution in [0.25, 0.3) is 0 Å². The first-order chi connectivity index (χ1) is 6.58. The molecule has 1 heterocycles. The van der Waals surface area contributed by atoms with Crippen LogP contribution in [0.5, 0.6) is 0 Å². The van der Waals surface area contributed by atoms with Gasteiger partial charge in [0.1, 0.15) is 0 Å². The third kappa shape index (κ3) is 4.27. The van der Waals surface area contributed by atoms with E-state index in [1.807, 2.05) is 17.9 Å². The number of halogens is 1. The third-order valence-corrected chi connectivity index (χ3v) is 3.04. The summed E-state index contributed by atoms with van der Waals surface area (Å²) in [7, 11) is 1.96. The Labute approximate surface area is 94.8 Å². The molecule has 0 radical (unpaired) electrons. The van der Waals surface area contributed by atoms with E-state index in [0.717, 1.165) is 12.3 Å². The summed E-state index contributed by atoms with van der Waals surface area (Å²) in [5.41, 5.74) is 1.20. The molecule has 0 saturated carbocycles. The van der Waals surface area contributed by atoms with Crippen molar-refractivity contribution in [1.29, 1.82) is 0 Å². The first kappa shape index (κ1) is 11.8. The fraction of sp³-hybridized carbons (Fsp3) is 0.727. The van der Waals surface area contributed by atoms with Crippen molar-refractivity contribution < 1.29 is 0 Å². The molecule has 0 fully saturated rings. The highest BCUT2D eigenvalue weighted by atomic mass is 79.9. The van der Waals surface area contributed by atoms with Crippen LogP contribution in [0.4, 0.5) is 0 Å². The first-order valence-corrected chi connectivity index (χ1v) is 6.12. The van der Waals surface area contributed by atoms with Crippen LogP contribution in [0.2, 0.25) is 0 Å².